The smallest absolute Gasteiger partial charge is 0.438 e. The first kappa shape index (κ1) is 14.3. The molecule has 98 valence electrons. The van der Waals surface area contributed by atoms with Gasteiger partial charge in [0.15, 0.2) is 0 Å². The van der Waals surface area contributed by atoms with E-state index in [0.29, 0.717) is 12.1 Å². The molecule has 0 unspecified atom stereocenters. The standard InChI is InChI=1S/C8H6N2O3S.C2H7NO/c11-8(12)10(13)7-9-5-3-1-2-4-6(5)14-7;3-1-2-4/h1-4,13H,(H,11,12);4H,1-3H2. The van der Waals surface area contributed by atoms with Gasteiger partial charge in [-0.1, -0.05) is 23.5 Å². The minimum absolute atomic E-state index is 0.0544. The number of aromatic nitrogens is 1. The van der Waals surface area contributed by atoms with E-state index in [4.69, 9.17) is 21.2 Å². The number of carboxylic acid groups (broad SMARTS) is 1. The molecule has 0 aliphatic carbocycles. The molecule has 0 aliphatic heterocycles. The number of anilines is 1. The summed E-state index contributed by atoms with van der Waals surface area (Å²) in [5.74, 6) is 0. The Bertz CT molecular complexity index is 482. The van der Waals surface area contributed by atoms with E-state index in [0.717, 1.165) is 16.0 Å². The number of hydroxylamine groups is 1. The van der Waals surface area contributed by atoms with Crippen molar-refractivity contribution in [3.63, 3.8) is 0 Å². The monoisotopic (exact) mass is 271 g/mol. The molecule has 2 aromatic rings. The Morgan fingerprint density at radius 1 is 1.44 bits per heavy atom. The molecule has 2 rings (SSSR count). The molecule has 8 heteroatoms. The molecule has 1 aromatic heterocycles. The van der Waals surface area contributed by atoms with Crippen molar-refractivity contribution in [1.82, 2.24) is 4.98 Å². The lowest BCUT2D eigenvalue weighted by molar-refractivity contribution is 0.160. The number of aliphatic hydroxyl groups excluding tert-OH is 1. The van der Waals surface area contributed by atoms with Crippen molar-refractivity contribution in [2.45, 2.75) is 0 Å². The number of aliphatic hydroxyl groups is 1. The summed E-state index contributed by atoms with van der Waals surface area (Å²) < 4.78 is 0.836. The summed E-state index contributed by atoms with van der Waals surface area (Å²) in [5, 5.41) is 25.5. The number of rotatable bonds is 2. The van der Waals surface area contributed by atoms with E-state index in [1.165, 1.54) is 0 Å². The summed E-state index contributed by atoms with van der Waals surface area (Å²) >= 11 is 1.12. The zero-order valence-corrected chi connectivity index (χ0v) is 10.2. The molecule has 0 saturated heterocycles. The lowest BCUT2D eigenvalue weighted by atomic mass is 10.3. The highest BCUT2D eigenvalue weighted by Crippen LogP contribution is 2.27. The van der Waals surface area contributed by atoms with Crippen molar-refractivity contribution in [3.05, 3.63) is 24.3 Å². The average molecular weight is 271 g/mol. The normalized spacial score (nSPS) is 9.72. The van der Waals surface area contributed by atoms with Crippen molar-refractivity contribution in [1.29, 1.82) is 0 Å². The van der Waals surface area contributed by atoms with Gasteiger partial charge in [0.2, 0.25) is 5.13 Å². The Balaban J connectivity index is 0.000000357. The summed E-state index contributed by atoms with van der Waals surface area (Å²) in [7, 11) is 0. The lowest BCUT2D eigenvalue weighted by Crippen LogP contribution is -2.24. The number of nitrogens with zero attached hydrogens (tertiary/aromatic N) is 2. The SMILES string of the molecule is NCCO.O=C(O)N(O)c1nc2ccccc2s1. The van der Waals surface area contributed by atoms with Gasteiger partial charge in [-0.05, 0) is 12.1 Å². The highest BCUT2D eigenvalue weighted by Gasteiger charge is 2.15. The molecule has 0 fully saturated rings. The number of thiazole rings is 1. The predicted molar refractivity (Wildman–Crippen MR) is 68.1 cm³/mol. The van der Waals surface area contributed by atoms with Crippen LogP contribution in [0.25, 0.3) is 10.2 Å². The molecule has 0 radical (unpaired) electrons. The third kappa shape index (κ3) is 3.64. The van der Waals surface area contributed by atoms with Crippen LogP contribution in [-0.4, -0.2) is 39.6 Å². The van der Waals surface area contributed by atoms with Crippen LogP contribution >= 0.6 is 11.3 Å². The topological polar surface area (TPSA) is 120 Å². The molecule has 1 heterocycles. The first-order valence-electron chi connectivity index (χ1n) is 4.98. The zero-order chi connectivity index (χ0) is 13.5. The molecule has 1 aromatic carbocycles. The molecule has 18 heavy (non-hydrogen) atoms. The van der Waals surface area contributed by atoms with E-state index in [-0.39, 0.29) is 16.8 Å². The van der Waals surface area contributed by atoms with Crippen LogP contribution in [0.2, 0.25) is 0 Å². The van der Waals surface area contributed by atoms with Crippen LogP contribution in [0.4, 0.5) is 9.93 Å². The number of hydrogen-bond donors (Lipinski definition) is 4. The van der Waals surface area contributed by atoms with E-state index in [9.17, 15) is 4.79 Å². The van der Waals surface area contributed by atoms with Crippen LogP contribution in [0, 0.1) is 0 Å². The maximum absolute atomic E-state index is 10.4. The Hall–Kier alpha value is -1.74. The largest absolute Gasteiger partial charge is 0.463 e. The molecule has 0 spiro atoms. The molecular weight excluding hydrogens is 258 g/mol. The number of nitrogens with two attached hydrogens (primary N) is 1. The van der Waals surface area contributed by atoms with Crippen LogP contribution in [-0.2, 0) is 0 Å². The molecular formula is C10H13N3O4S. The van der Waals surface area contributed by atoms with Gasteiger partial charge in [0.05, 0.1) is 16.8 Å². The fourth-order valence-corrected chi connectivity index (χ4v) is 1.90. The van der Waals surface area contributed by atoms with Gasteiger partial charge in [-0.2, -0.15) is 0 Å². The maximum atomic E-state index is 10.4. The van der Waals surface area contributed by atoms with Crippen molar-refractivity contribution in [3.8, 4) is 0 Å². The molecule has 5 N–H and O–H groups in total. The number of fused-ring (bicyclic) bond motifs is 1. The summed E-state index contributed by atoms with van der Waals surface area (Å²) in [6.45, 7) is 0.472. The third-order valence-corrected chi connectivity index (χ3v) is 2.79. The Morgan fingerprint density at radius 2 is 2.06 bits per heavy atom. The lowest BCUT2D eigenvalue weighted by Gasteiger charge is -2.03. The van der Waals surface area contributed by atoms with Crippen LogP contribution in [0.5, 0.6) is 0 Å². The van der Waals surface area contributed by atoms with E-state index in [1.54, 1.807) is 12.1 Å². The van der Waals surface area contributed by atoms with Crippen molar-refractivity contribution in [2.24, 2.45) is 5.73 Å². The van der Waals surface area contributed by atoms with Crippen LogP contribution in [0.1, 0.15) is 0 Å². The predicted octanol–water partition coefficient (Wildman–Crippen LogP) is 1.11. The molecule has 0 bridgehead atoms. The second-order valence-corrected chi connectivity index (χ2v) is 4.08. The number of hydrogen-bond acceptors (Lipinski definition) is 6. The summed E-state index contributed by atoms with van der Waals surface area (Å²) in [6.07, 6.45) is -1.44. The summed E-state index contributed by atoms with van der Waals surface area (Å²) in [6, 6.07) is 7.19. The van der Waals surface area contributed by atoms with Gasteiger partial charge in [0, 0.05) is 6.54 Å². The third-order valence-electron chi connectivity index (χ3n) is 1.77. The van der Waals surface area contributed by atoms with Gasteiger partial charge in [-0.15, -0.1) is 5.06 Å². The van der Waals surface area contributed by atoms with Gasteiger partial charge in [0.1, 0.15) is 0 Å². The van der Waals surface area contributed by atoms with E-state index >= 15 is 0 Å². The van der Waals surface area contributed by atoms with Gasteiger partial charge >= 0.3 is 6.09 Å². The molecule has 0 aliphatic rings. The summed E-state index contributed by atoms with van der Waals surface area (Å²) in [5.41, 5.74) is 5.45. The first-order chi connectivity index (χ1) is 8.60. The second kappa shape index (κ2) is 6.87. The summed E-state index contributed by atoms with van der Waals surface area (Å²) in [4.78, 5) is 14.4. The average Bonchev–Trinajstić information content (AvgIpc) is 2.81. The zero-order valence-electron chi connectivity index (χ0n) is 9.35. The molecule has 0 saturated carbocycles. The van der Waals surface area contributed by atoms with E-state index in [2.05, 4.69) is 4.98 Å². The van der Waals surface area contributed by atoms with E-state index < -0.39 is 6.09 Å². The molecule has 7 nitrogen and oxygen atoms in total. The maximum Gasteiger partial charge on any atom is 0.438 e. The Kier molecular flexibility index (Phi) is 5.46. The van der Waals surface area contributed by atoms with Gasteiger partial charge in [-0.3, -0.25) is 5.21 Å². The number of amides is 1. The second-order valence-electron chi connectivity index (χ2n) is 3.07. The number of benzene rings is 1. The van der Waals surface area contributed by atoms with Crippen molar-refractivity contribution >= 4 is 32.8 Å². The van der Waals surface area contributed by atoms with Gasteiger partial charge in [-0.25, -0.2) is 9.78 Å². The molecule has 1 amide bonds. The highest BCUT2D eigenvalue weighted by molar-refractivity contribution is 7.22. The van der Waals surface area contributed by atoms with Gasteiger partial charge < -0.3 is 15.9 Å². The quantitative estimate of drug-likeness (QED) is 0.479. The number of para-hydroxylation sites is 1. The number of carbonyl (C=O) groups is 1. The van der Waals surface area contributed by atoms with Crippen LogP contribution < -0.4 is 10.8 Å². The minimum atomic E-state index is -1.44. The van der Waals surface area contributed by atoms with Gasteiger partial charge in [0.25, 0.3) is 0 Å². The highest BCUT2D eigenvalue weighted by atomic mass is 32.1. The van der Waals surface area contributed by atoms with Crippen LogP contribution in [0.15, 0.2) is 24.3 Å². The minimum Gasteiger partial charge on any atom is -0.463 e. The van der Waals surface area contributed by atoms with Crippen LogP contribution in [0.3, 0.4) is 0 Å². The first-order valence-corrected chi connectivity index (χ1v) is 5.80. The fourth-order valence-electron chi connectivity index (χ4n) is 1.03. The van der Waals surface area contributed by atoms with Crippen molar-refractivity contribution in [2.75, 3.05) is 18.2 Å². The Morgan fingerprint density at radius 3 is 2.56 bits per heavy atom. The Labute approximate surface area is 107 Å². The van der Waals surface area contributed by atoms with E-state index in [1.807, 2.05) is 12.1 Å². The fraction of sp³-hybridized carbons (Fsp3) is 0.200. The van der Waals surface area contributed by atoms with Crippen molar-refractivity contribution < 1.29 is 20.2 Å². The molecule has 0 atom stereocenters.